The molecule has 0 amide bonds. The molecule has 0 radical (unpaired) electrons. The number of carbonyl (C=O) groups excluding carboxylic acids is 1. The average Bonchev–Trinajstić information content (AvgIpc) is 3.09. The van der Waals surface area contributed by atoms with Crippen molar-refractivity contribution in [1.29, 1.82) is 0 Å². The maximum Gasteiger partial charge on any atom is 0.425 e. The lowest BCUT2D eigenvalue weighted by atomic mass is 9.74. The number of ketones is 1. The van der Waals surface area contributed by atoms with Crippen LogP contribution in [-0.2, 0) is 25.4 Å². The summed E-state index contributed by atoms with van der Waals surface area (Å²) in [7, 11) is 0. The standard InChI is InChI=1S/C25H32F3NO3S/c1-14-9-16(10-15(2)21(14)29-12-17(31)13-30)5-6-20(32)22-18-7-8-24(3,4)11-19(18)23(33-22)25(26,27)28/h9-10,17,29-31H,5-8,11-13H2,1-4H3. The Bertz CT molecular complexity index is 1000. The van der Waals surface area contributed by atoms with Gasteiger partial charge in [0.2, 0.25) is 0 Å². The molecule has 0 saturated carbocycles. The average molecular weight is 484 g/mol. The first kappa shape index (κ1) is 25.7. The number of carbonyl (C=O) groups is 1. The van der Waals surface area contributed by atoms with Gasteiger partial charge in [-0.3, -0.25) is 4.79 Å². The van der Waals surface area contributed by atoms with Crippen LogP contribution in [0.5, 0.6) is 0 Å². The molecule has 182 valence electrons. The number of Topliss-reactive ketones (excluding diaryl/α,β-unsaturated/α-hetero) is 1. The Hall–Kier alpha value is -1.90. The molecule has 4 nitrogen and oxygen atoms in total. The quantitative estimate of drug-likeness (QED) is 0.435. The lowest BCUT2D eigenvalue weighted by Gasteiger charge is -2.30. The molecular formula is C25H32F3NO3S. The van der Waals surface area contributed by atoms with Crippen LogP contribution in [0.15, 0.2) is 12.1 Å². The topological polar surface area (TPSA) is 69.6 Å². The number of hydrogen-bond acceptors (Lipinski definition) is 5. The Morgan fingerprint density at radius 3 is 2.42 bits per heavy atom. The first-order valence-corrected chi connectivity index (χ1v) is 12.0. The zero-order valence-electron chi connectivity index (χ0n) is 19.5. The number of hydrogen-bond donors (Lipinski definition) is 3. The molecule has 8 heteroatoms. The fourth-order valence-electron chi connectivity index (χ4n) is 4.57. The number of alkyl halides is 3. The van der Waals surface area contributed by atoms with E-state index in [1.165, 1.54) is 0 Å². The molecule has 0 bridgehead atoms. The Labute approximate surface area is 196 Å². The molecule has 0 aliphatic heterocycles. The van der Waals surface area contributed by atoms with Gasteiger partial charge in [0.05, 0.1) is 17.6 Å². The summed E-state index contributed by atoms with van der Waals surface area (Å²) in [6.45, 7) is 7.67. The van der Waals surface area contributed by atoms with Gasteiger partial charge in [-0.15, -0.1) is 11.3 Å². The van der Waals surface area contributed by atoms with Crippen molar-refractivity contribution in [3.8, 4) is 0 Å². The Morgan fingerprint density at radius 1 is 1.21 bits per heavy atom. The van der Waals surface area contributed by atoms with Crippen LogP contribution >= 0.6 is 11.3 Å². The third-order valence-electron chi connectivity index (χ3n) is 6.29. The monoisotopic (exact) mass is 483 g/mol. The van der Waals surface area contributed by atoms with E-state index in [2.05, 4.69) is 5.32 Å². The van der Waals surface area contributed by atoms with Crippen LogP contribution in [0.4, 0.5) is 18.9 Å². The maximum atomic E-state index is 13.7. The van der Waals surface area contributed by atoms with Gasteiger partial charge in [0.15, 0.2) is 5.78 Å². The number of anilines is 1. The van der Waals surface area contributed by atoms with E-state index in [1.54, 1.807) is 0 Å². The molecule has 3 N–H and O–H groups in total. The molecule has 1 aromatic carbocycles. The van der Waals surface area contributed by atoms with Gasteiger partial charge in [-0.25, -0.2) is 0 Å². The van der Waals surface area contributed by atoms with Crippen LogP contribution in [0.2, 0.25) is 0 Å². The molecule has 3 rings (SSSR count). The van der Waals surface area contributed by atoms with Crippen molar-refractivity contribution in [2.75, 3.05) is 18.5 Å². The number of benzene rings is 1. The molecular weight excluding hydrogens is 451 g/mol. The van der Waals surface area contributed by atoms with Gasteiger partial charge < -0.3 is 15.5 Å². The van der Waals surface area contributed by atoms with Crippen LogP contribution in [0, 0.1) is 19.3 Å². The van der Waals surface area contributed by atoms with Crippen LogP contribution < -0.4 is 5.32 Å². The highest BCUT2D eigenvalue weighted by Gasteiger charge is 2.42. The normalized spacial score (nSPS) is 16.4. The zero-order valence-corrected chi connectivity index (χ0v) is 20.3. The lowest BCUT2D eigenvalue weighted by molar-refractivity contribution is -0.135. The van der Waals surface area contributed by atoms with Crippen molar-refractivity contribution >= 4 is 22.8 Å². The van der Waals surface area contributed by atoms with Gasteiger partial charge in [0.25, 0.3) is 0 Å². The predicted molar refractivity (Wildman–Crippen MR) is 125 cm³/mol. The molecule has 33 heavy (non-hydrogen) atoms. The first-order chi connectivity index (χ1) is 15.3. The summed E-state index contributed by atoms with van der Waals surface area (Å²) in [6, 6.07) is 3.89. The van der Waals surface area contributed by atoms with Crippen LogP contribution in [0.1, 0.15) is 69.1 Å². The predicted octanol–water partition coefficient (Wildman–Crippen LogP) is 5.48. The van der Waals surface area contributed by atoms with Gasteiger partial charge in [-0.05, 0) is 72.8 Å². The molecule has 1 aromatic heterocycles. The summed E-state index contributed by atoms with van der Waals surface area (Å²) in [6.07, 6.45) is -3.08. The number of aliphatic hydroxyl groups is 2. The molecule has 1 aliphatic rings. The minimum Gasteiger partial charge on any atom is -0.394 e. The van der Waals surface area contributed by atoms with E-state index in [1.807, 2.05) is 39.8 Å². The van der Waals surface area contributed by atoms with Crippen molar-refractivity contribution in [3.05, 3.63) is 49.7 Å². The van der Waals surface area contributed by atoms with E-state index >= 15 is 0 Å². The Kier molecular flexibility index (Phi) is 7.61. The van der Waals surface area contributed by atoms with Crippen LogP contribution in [0.25, 0.3) is 0 Å². The number of aryl methyl sites for hydroxylation is 3. The maximum absolute atomic E-state index is 13.7. The first-order valence-electron chi connectivity index (χ1n) is 11.2. The van der Waals surface area contributed by atoms with Crippen LogP contribution in [0.3, 0.4) is 0 Å². The number of fused-ring (bicyclic) bond motifs is 1. The zero-order chi connectivity index (χ0) is 24.6. The van der Waals surface area contributed by atoms with E-state index in [0.717, 1.165) is 28.8 Å². The largest absolute Gasteiger partial charge is 0.425 e. The summed E-state index contributed by atoms with van der Waals surface area (Å²) in [5, 5.41) is 21.7. The summed E-state index contributed by atoms with van der Waals surface area (Å²) < 4.78 is 41.0. The second-order valence-corrected chi connectivity index (χ2v) is 10.8. The molecule has 0 spiro atoms. The van der Waals surface area contributed by atoms with E-state index in [0.29, 0.717) is 41.7 Å². The van der Waals surface area contributed by atoms with Gasteiger partial charge in [0.1, 0.15) is 4.88 Å². The van der Waals surface area contributed by atoms with Gasteiger partial charge in [0, 0.05) is 18.7 Å². The number of thiophene rings is 1. The molecule has 1 atom stereocenters. The minimum atomic E-state index is -4.44. The van der Waals surface area contributed by atoms with Gasteiger partial charge in [-0.2, -0.15) is 13.2 Å². The van der Waals surface area contributed by atoms with E-state index in [-0.39, 0.29) is 35.6 Å². The molecule has 1 unspecified atom stereocenters. The Morgan fingerprint density at radius 2 is 1.85 bits per heavy atom. The molecule has 1 heterocycles. The van der Waals surface area contributed by atoms with Crippen molar-refractivity contribution in [2.24, 2.45) is 5.41 Å². The number of aliphatic hydroxyl groups excluding tert-OH is 2. The molecule has 0 fully saturated rings. The highest BCUT2D eigenvalue weighted by atomic mass is 32.1. The van der Waals surface area contributed by atoms with Crippen molar-refractivity contribution < 1.29 is 28.2 Å². The highest BCUT2D eigenvalue weighted by molar-refractivity contribution is 7.14. The minimum absolute atomic E-state index is 0.155. The number of nitrogens with one attached hydrogen (secondary N) is 1. The molecule has 2 aromatic rings. The van der Waals surface area contributed by atoms with E-state index < -0.39 is 17.2 Å². The smallest absolute Gasteiger partial charge is 0.394 e. The number of rotatable bonds is 8. The summed E-state index contributed by atoms with van der Waals surface area (Å²) in [4.78, 5) is 12.7. The van der Waals surface area contributed by atoms with Gasteiger partial charge >= 0.3 is 6.18 Å². The third kappa shape index (κ3) is 5.97. The van der Waals surface area contributed by atoms with Crippen LogP contribution in [-0.4, -0.2) is 35.3 Å². The SMILES string of the molecule is Cc1cc(CCC(=O)c2sc(C(F)(F)F)c3c2CCC(C)(C)C3)cc(C)c1NCC(O)CO. The van der Waals surface area contributed by atoms with E-state index in [9.17, 15) is 23.1 Å². The lowest BCUT2D eigenvalue weighted by Crippen LogP contribution is -2.24. The van der Waals surface area contributed by atoms with Crippen molar-refractivity contribution in [1.82, 2.24) is 0 Å². The highest BCUT2D eigenvalue weighted by Crippen LogP contribution is 2.47. The fourth-order valence-corrected chi connectivity index (χ4v) is 5.77. The molecule has 0 saturated heterocycles. The fraction of sp³-hybridized carbons (Fsp3) is 0.560. The summed E-state index contributed by atoms with van der Waals surface area (Å²) >= 11 is 0.618. The Balaban J connectivity index is 1.77. The number of halogens is 3. The second-order valence-electron chi connectivity index (χ2n) is 9.80. The van der Waals surface area contributed by atoms with Gasteiger partial charge in [-0.1, -0.05) is 26.0 Å². The van der Waals surface area contributed by atoms with Crippen molar-refractivity contribution in [2.45, 2.75) is 72.1 Å². The summed E-state index contributed by atoms with van der Waals surface area (Å²) in [5.41, 5.74) is 4.41. The summed E-state index contributed by atoms with van der Waals surface area (Å²) in [5.74, 6) is -0.227. The van der Waals surface area contributed by atoms with Crippen molar-refractivity contribution in [3.63, 3.8) is 0 Å². The second kappa shape index (κ2) is 9.76. The third-order valence-corrected chi connectivity index (χ3v) is 7.65. The molecule has 1 aliphatic carbocycles. The van der Waals surface area contributed by atoms with E-state index in [4.69, 9.17) is 5.11 Å².